The summed E-state index contributed by atoms with van der Waals surface area (Å²) in [5.74, 6) is -4.52. The van der Waals surface area contributed by atoms with E-state index >= 15 is 0 Å². The molecule has 0 spiro atoms. The number of hydrogen-bond acceptors (Lipinski definition) is 5. The summed E-state index contributed by atoms with van der Waals surface area (Å²) in [4.78, 5) is 21.6. The van der Waals surface area contributed by atoms with E-state index in [0.29, 0.717) is 0 Å². The molecule has 0 saturated carbocycles. The molecule has 0 saturated heterocycles. The molecule has 0 aliphatic rings. The summed E-state index contributed by atoms with van der Waals surface area (Å²) < 4.78 is 73.0. The molecule has 0 bridgehead atoms. The van der Waals surface area contributed by atoms with Crippen LogP contribution in [0.5, 0.6) is 5.75 Å². The zero-order chi connectivity index (χ0) is 17.8. The van der Waals surface area contributed by atoms with Crippen molar-refractivity contribution < 1.29 is 44.4 Å². The summed E-state index contributed by atoms with van der Waals surface area (Å²) in [6.45, 7) is 0. The van der Waals surface area contributed by atoms with E-state index < -0.39 is 46.8 Å². The van der Waals surface area contributed by atoms with Crippen molar-refractivity contribution in [3.8, 4) is 5.75 Å². The van der Waals surface area contributed by atoms with Crippen molar-refractivity contribution in [3.05, 3.63) is 29.8 Å². The third-order valence-electron chi connectivity index (χ3n) is 2.42. The number of alkyl halides is 3. The van der Waals surface area contributed by atoms with Gasteiger partial charge in [0.1, 0.15) is 11.8 Å². The number of halogens is 4. The van der Waals surface area contributed by atoms with Crippen LogP contribution in [0.3, 0.4) is 0 Å². The van der Waals surface area contributed by atoms with Crippen LogP contribution in [0.2, 0.25) is 0 Å². The number of carbonyl (C=O) groups excluding carboxylic acids is 1. The zero-order valence-electron chi connectivity index (χ0n) is 11.0. The second kappa shape index (κ2) is 6.81. The van der Waals surface area contributed by atoms with Gasteiger partial charge in [-0.2, -0.15) is 21.6 Å². The highest BCUT2D eigenvalue weighted by molar-refractivity contribution is 7.81. The van der Waals surface area contributed by atoms with Gasteiger partial charge < -0.3 is 14.6 Å². The lowest BCUT2D eigenvalue weighted by molar-refractivity contribution is -0.175. The second-order valence-electron chi connectivity index (χ2n) is 4.19. The van der Waals surface area contributed by atoms with E-state index in [1.54, 1.807) is 0 Å². The molecular weight excluding hydrogens is 350 g/mol. The zero-order valence-corrected chi connectivity index (χ0v) is 11.8. The minimum atomic E-state index is -5.24. The van der Waals surface area contributed by atoms with Gasteiger partial charge in [-0.05, 0) is 17.7 Å². The van der Waals surface area contributed by atoms with Crippen molar-refractivity contribution in [1.29, 1.82) is 0 Å². The van der Waals surface area contributed by atoms with Crippen molar-refractivity contribution in [3.63, 3.8) is 0 Å². The van der Waals surface area contributed by atoms with Crippen LogP contribution in [0.25, 0.3) is 0 Å². The second-order valence-corrected chi connectivity index (χ2v) is 5.14. The van der Waals surface area contributed by atoms with Crippen LogP contribution in [-0.4, -0.2) is 37.6 Å². The Balaban J connectivity index is 2.82. The molecule has 1 rings (SSSR count). The van der Waals surface area contributed by atoms with E-state index in [0.717, 1.165) is 24.3 Å². The molecule has 7 nitrogen and oxygen atoms in total. The topological polar surface area (TPSA) is 110 Å². The standard InChI is InChI=1S/C11H9F4NO6S/c12-11(13,14)10(19)16-8(9(17)18)5-6-1-3-7(4-2-6)22-23(15,20)21/h1-4,8H,5H2,(H,16,19)(H,17,18)/t8-/m0/s1. The quantitative estimate of drug-likeness (QED) is 0.578. The Morgan fingerprint density at radius 3 is 2.13 bits per heavy atom. The van der Waals surface area contributed by atoms with Crippen molar-refractivity contribution in [2.45, 2.75) is 18.6 Å². The maximum atomic E-state index is 12.3. The molecule has 0 fully saturated rings. The highest BCUT2D eigenvalue weighted by atomic mass is 32.3. The van der Waals surface area contributed by atoms with Gasteiger partial charge >= 0.3 is 28.6 Å². The van der Waals surface area contributed by atoms with Crippen LogP contribution in [0, 0.1) is 0 Å². The van der Waals surface area contributed by atoms with Crippen LogP contribution in [0.15, 0.2) is 24.3 Å². The van der Waals surface area contributed by atoms with E-state index in [1.165, 1.54) is 5.32 Å². The van der Waals surface area contributed by atoms with Crippen LogP contribution in [-0.2, 0) is 26.5 Å². The molecule has 0 heterocycles. The number of carboxylic acids is 1. The fourth-order valence-electron chi connectivity index (χ4n) is 1.47. The van der Waals surface area contributed by atoms with Crippen molar-refractivity contribution in [2.24, 2.45) is 0 Å². The van der Waals surface area contributed by atoms with Crippen molar-refractivity contribution in [2.75, 3.05) is 0 Å². The molecule has 1 amide bonds. The molecule has 1 atom stereocenters. The van der Waals surface area contributed by atoms with Gasteiger partial charge in [0.2, 0.25) is 0 Å². The molecule has 0 aromatic heterocycles. The first-order valence-electron chi connectivity index (χ1n) is 5.72. The van der Waals surface area contributed by atoms with E-state index in [9.17, 15) is 35.1 Å². The predicted octanol–water partition coefficient (Wildman–Crippen LogP) is 0.954. The summed E-state index contributed by atoms with van der Waals surface area (Å²) in [6.07, 6.45) is -5.75. The average molecular weight is 359 g/mol. The van der Waals surface area contributed by atoms with E-state index in [-0.39, 0.29) is 5.56 Å². The minimum absolute atomic E-state index is 0.142. The van der Waals surface area contributed by atoms with E-state index in [4.69, 9.17) is 5.11 Å². The van der Waals surface area contributed by atoms with E-state index in [1.807, 2.05) is 0 Å². The summed E-state index contributed by atoms with van der Waals surface area (Å²) >= 11 is 0. The average Bonchev–Trinajstić information content (AvgIpc) is 2.37. The normalized spacial score (nSPS) is 13.2. The molecule has 0 radical (unpaired) electrons. The third-order valence-corrected chi connectivity index (χ3v) is 2.81. The molecule has 1 aromatic rings. The van der Waals surface area contributed by atoms with Gasteiger partial charge in [-0.15, -0.1) is 0 Å². The predicted molar refractivity (Wildman–Crippen MR) is 66.4 cm³/mol. The first kappa shape index (κ1) is 18.7. The molecule has 0 aliphatic heterocycles. The Labute approximate surface area is 127 Å². The van der Waals surface area contributed by atoms with Crippen LogP contribution in [0.1, 0.15) is 5.56 Å². The fraction of sp³-hybridized carbons (Fsp3) is 0.273. The lowest BCUT2D eigenvalue weighted by Crippen LogP contribution is -2.47. The van der Waals surface area contributed by atoms with Crippen LogP contribution >= 0.6 is 0 Å². The van der Waals surface area contributed by atoms with Gasteiger partial charge in [0, 0.05) is 6.42 Å². The largest absolute Gasteiger partial charge is 0.488 e. The lowest BCUT2D eigenvalue weighted by atomic mass is 10.1. The minimum Gasteiger partial charge on any atom is -0.480 e. The number of carbonyl (C=O) groups is 2. The summed E-state index contributed by atoms with van der Waals surface area (Å²) in [6, 6.07) is 2.29. The van der Waals surface area contributed by atoms with Gasteiger partial charge in [0.05, 0.1) is 0 Å². The number of hydrogen-bond donors (Lipinski definition) is 2. The molecule has 1 aromatic carbocycles. The number of rotatable bonds is 6. The molecule has 0 aliphatic carbocycles. The Morgan fingerprint density at radius 1 is 1.22 bits per heavy atom. The molecule has 12 heteroatoms. The number of carboxylic acid groups (broad SMARTS) is 1. The number of nitrogens with one attached hydrogen (secondary N) is 1. The van der Waals surface area contributed by atoms with Gasteiger partial charge in [-0.1, -0.05) is 16.0 Å². The van der Waals surface area contributed by atoms with Gasteiger partial charge in [-0.25, -0.2) is 4.79 Å². The molecule has 0 unspecified atom stereocenters. The van der Waals surface area contributed by atoms with Crippen LogP contribution in [0.4, 0.5) is 17.1 Å². The fourth-order valence-corrected chi connectivity index (χ4v) is 1.81. The maximum Gasteiger partial charge on any atom is 0.488 e. The van der Waals surface area contributed by atoms with E-state index in [2.05, 4.69) is 4.18 Å². The monoisotopic (exact) mass is 359 g/mol. The molecule has 128 valence electrons. The van der Waals surface area contributed by atoms with Crippen molar-refractivity contribution >= 4 is 22.4 Å². The molecular formula is C11H9F4NO6S. The number of amides is 1. The molecule has 2 N–H and O–H groups in total. The SMILES string of the molecule is O=C(O)[C@H](Cc1ccc(OS(=O)(=O)F)cc1)NC(=O)C(F)(F)F. The number of benzene rings is 1. The summed E-state index contributed by atoms with van der Waals surface area (Å²) in [5, 5.41) is 10.1. The molecule has 23 heavy (non-hydrogen) atoms. The highest BCUT2D eigenvalue weighted by Gasteiger charge is 2.40. The smallest absolute Gasteiger partial charge is 0.480 e. The Hall–Kier alpha value is -2.37. The van der Waals surface area contributed by atoms with Gasteiger partial charge in [-0.3, -0.25) is 4.79 Å². The first-order valence-corrected chi connectivity index (χ1v) is 7.03. The Morgan fingerprint density at radius 2 is 1.74 bits per heavy atom. The summed E-state index contributed by atoms with van der Waals surface area (Å²) in [7, 11) is -5.23. The van der Waals surface area contributed by atoms with Crippen molar-refractivity contribution in [1.82, 2.24) is 5.32 Å². The van der Waals surface area contributed by atoms with Gasteiger partial charge in [0.25, 0.3) is 0 Å². The Bertz CT molecular complexity index is 685. The summed E-state index contributed by atoms with van der Waals surface area (Å²) in [5.41, 5.74) is 0.142. The highest BCUT2D eigenvalue weighted by Crippen LogP contribution is 2.17. The first-order chi connectivity index (χ1) is 10.4. The lowest BCUT2D eigenvalue weighted by Gasteiger charge is -2.15. The number of aliphatic carboxylic acids is 1. The maximum absolute atomic E-state index is 12.3. The Kier molecular flexibility index (Phi) is 5.53. The third kappa shape index (κ3) is 6.50. The van der Waals surface area contributed by atoms with Gasteiger partial charge in [0.15, 0.2) is 0 Å². The van der Waals surface area contributed by atoms with Crippen LogP contribution < -0.4 is 9.50 Å².